The molecule has 0 saturated heterocycles. The normalized spacial score (nSPS) is 21.2. The summed E-state index contributed by atoms with van der Waals surface area (Å²) in [5, 5.41) is 12.1. The van der Waals surface area contributed by atoms with Gasteiger partial charge in [0.15, 0.2) is 0 Å². The highest BCUT2D eigenvalue weighted by Gasteiger charge is 2.34. The minimum absolute atomic E-state index is 0.169. The summed E-state index contributed by atoms with van der Waals surface area (Å²) in [6.45, 7) is 7.72. The third-order valence-electron chi connectivity index (χ3n) is 4.09. The molecule has 6 nitrogen and oxygen atoms in total. The Labute approximate surface area is 139 Å². The average Bonchev–Trinajstić information content (AvgIpc) is 2.52. The van der Waals surface area contributed by atoms with Crippen molar-refractivity contribution in [1.82, 2.24) is 5.32 Å². The van der Waals surface area contributed by atoms with E-state index in [-0.39, 0.29) is 5.91 Å². The van der Waals surface area contributed by atoms with Gasteiger partial charge in [-0.25, -0.2) is 0 Å². The zero-order chi connectivity index (χ0) is 17.3. The molecule has 2 unspecified atom stereocenters. The Bertz CT molecular complexity index is 421. The average molecular weight is 343 g/mol. The summed E-state index contributed by atoms with van der Waals surface area (Å²) in [7, 11) is -2.15. The second kappa shape index (κ2) is 9.84. The van der Waals surface area contributed by atoms with E-state index in [1.54, 1.807) is 0 Å². The van der Waals surface area contributed by atoms with Gasteiger partial charge in [-0.1, -0.05) is 12.2 Å². The van der Waals surface area contributed by atoms with Crippen LogP contribution in [0.15, 0.2) is 12.2 Å². The molecule has 2 atom stereocenters. The second-order valence-corrected chi connectivity index (χ2v) is 9.23. The lowest BCUT2D eigenvalue weighted by atomic mass is 9.82. The third-order valence-corrected chi connectivity index (χ3v) is 7.15. The number of carboxylic acid groups (broad SMARTS) is 1. The molecule has 7 heteroatoms. The van der Waals surface area contributed by atoms with Crippen molar-refractivity contribution >= 4 is 20.4 Å². The topological polar surface area (TPSA) is 84.9 Å². The molecule has 1 amide bonds. The monoisotopic (exact) mass is 343 g/mol. The highest BCUT2D eigenvalue weighted by molar-refractivity contribution is 6.66. The predicted octanol–water partition coefficient (Wildman–Crippen LogP) is 2.30. The van der Waals surface area contributed by atoms with E-state index in [0.29, 0.717) is 32.6 Å². The molecule has 0 fully saturated rings. The van der Waals surface area contributed by atoms with E-state index in [4.69, 9.17) is 8.85 Å². The van der Waals surface area contributed by atoms with Gasteiger partial charge in [0.2, 0.25) is 5.91 Å². The lowest BCUT2D eigenvalue weighted by Gasteiger charge is -2.26. The van der Waals surface area contributed by atoms with E-state index in [1.807, 2.05) is 32.5 Å². The van der Waals surface area contributed by atoms with Crippen LogP contribution in [0.4, 0.5) is 0 Å². The molecule has 1 rings (SSSR count). The fourth-order valence-corrected chi connectivity index (χ4v) is 5.34. The number of hydrogen-bond donors (Lipinski definition) is 2. The first-order valence-electron chi connectivity index (χ1n) is 8.37. The van der Waals surface area contributed by atoms with Gasteiger partial charge in [-0.2, -0.15) is 0 Å². The summed E-state index contributed by atoms with van der Waals surface area (Å²) >= 11 is 0. The van der Waals surface area contributed by atoms with Crippen LogP contribution < -0.4 is 5.32 Å². The smallest absolute Gasteiger partial charge is 0.334 e. The van der Waals surface area contributed by atoms with Gasteiger partial charge in [0.25, 0.3) is 0 Å². The van der Waals surface area contributed by atoms with Crippen LogP contribution in [-0.2, 0) is 18.4 Å². The zero-order valence-electron chi connectivity index (χ0n) is 14.3. The molecule has 0 saturated carbocycles. The van der Waals surface area contributed by atoms with Crippen molar-refractivity contribution in [1.29, 1.82) is 0 Å². The maximum Gasteiger partial charge on any atom is 0.334 e. The lowest BCUT2D eigenvalue weighted by Crippen LogP contribution is -2.41. The standard InChI is InChI=1S/C16H29NO5Si/c1-4-21-23(3,22-5-2)12-8-11-17-15(18)13-9-6-7-10-14(13)16(19)20/h6-7,13-14H,4-5,8-12H2,1-3H3,(H,17,18)(H,19,20). The van der Waals surface area contributed by atoms with Crippen molar-refractivity contribution in [2.75, 3.05) is 19.8 Å². The predicted molar refractivity (Wildman–Crippen MR) is 90.3 cm³/mol. The maximum absolute atomic E-state index is 12.2. The minimum atomic E-state index is -2.15. The molecule has 1 aliphatic rings. The number of amides is 1. The number of nitrogens with one attached hydrogen (secondary N) is 1. The van der Waals surface area contributed by atoms with Gasteiger partial charge in [0.1, 0.15) is 0 Å². The summed E-state index contributed by atoms with van der Waals surface area (Å²) in [5.74, 6) is -2.16. The van der Waals surface area contributed by atoms with Gasteiger partial charge in [-0.05, 0) is 45.7 Å². The lowest BCUT2D eigenvalue weighted by molar-refractivity contribution is -0.147. The molecular weight excluding hydrogens is 314 g/mol. The van der Waals surface area contributed by atoms with Crippen molar-refractivity contribution in [3.05, 3.63) is 12.2 Å². The van der Waals surface area contributed by atoms with Crippen LogP contribution >= 0.6 is 0 Å². The van der Waals surface area contributed by atoms with Crippen LogP contribution in [-0.4, -0.2) is 45.3 Å². The zero-order valence-corrected chi connectivity index (χ0v) is 15.3. The third kappa shape index (κ3) is 6.45. The Morgan fingerprint density at radius 1 is 1.17 bits per heavy atom. The van der Waals surface area contributed by atoms with Gasteiger partial charge in [-0.15, -0.1) is 0 Å². The van der Waals surface area contributed by atoms with Crippen LogP contribution in [0.5, 0.6) is 0 Å². The molecule has 0 radical (unpaired) electrons. The first-order chi connectivity index (χ1) is 10.9. The molecule has 0 aliphatic heterocycles. The van der Waals surface area contributed by atoms with E-state index < -0.39 is 26.4 Å². The van der Waals surface area contributed by atoms with Crippen LogP contribution in [0.2, 0.25) is 12.6 Å². The second-order valence-electron chi connectivity index (χ2n) is 5.89. The van der Waals surface area contributed by atoms with E-state index in [0.717, 1.165) is 12.5 Å². The fraction of sp³-hybridized carbons (Fsp3) is 0.750. The summed E-state index contributed by atoms with van der Waals surface area (Å²) in [4.78, 5) is 23.5. The van der Waals surface area contributed by atoms with E-state index in [2.05, 4.69) is 5.32 Å². The Morgan fingerprint density at radius 2 is 1.74 bits per heavy atom. The van der Waals surface area contributed by atoms with Crippen LogP contribution in [0.25, 0.3) is 0 Å². The Morgan fingerprint density at radius 3 is 2.26 bits per heavy atom. The van der Waals surface area contributed by atoms with Gasteiger partial charge < -0.3 is 19.3 Å². The van der Waals surface area contributed by atoms with E-state index in [1.165, 1.54) is 0 Å². The van der Waals surface area contributed by atoms with Crippen molar-refractivity contribution in [3.8, 4) is 0 Å². The molecule has 1 aliphatic carbocycles. The largest absolute Gasteiger partial charge is 0.481 e. The van der Waals surface area contributed by atoms with Crippen LogP contribution in [0.3, 0.4) is 0 Å². The molecule has 132 valence electrons. The number of allylic oxidation sites excluding steroid dienone is 2. The van der Waals surface area contributed by atoms with Crippen molar-refractivity contribution in [3.63, 3.8) is 0 Å². The van der Waals surface area contributed by atoms with Gasteiger partial charge in [-0.3, -0.25) is 9.59 Å². The number of rotatable bonds is 10. The molecule has 0 aromatic carbocycles. The number of aliphatic carboxylic acids is 1. The summed E-state index contributed by atoms with van der Waals surface area (Å²) < 4.78 is 11.5. The number of hydrogen-bond acceptors (Lipinski definition) is 4. The van der Waals surface area contributed by atoms with E-state index in [9.17, 15) is 14.7 Å². The van der Waals surface area contributed by atoms with Crippen molar-refractivity contribution < 1.29 is 23.5 Å². The number of carbonyl (C=O) groups is 2. The molecule has 0 aromatic heterocycles. The quantitative estimate of drug-likeness (QED) is 0.361. The van der Waals surface area contributed by atoms with Gasteiger partial charge in [0, 0.05) is 19.8 Å². The summed E-state index contributed by atoms with van der Waals surface area (Å²) in [6.07, 6.45) is 5.41. The molecule has 0 bridgehead atoms. The number of carboxylic acids is 1. The highest BCUT2D eigenvalue weighted by atomic mass is 28.4. The van der Waals surface area contributed by atoms with Crippen LogP contribution in [0.1, 0.15) is 33.1 Å². The highest BCUT2D eigenvalue weighted by Crippen LogP contribution is 2.26. The van der Waals surface area contributed by atoms with Crippen molar-refractivity contribution in [2.24, 2.45) is 11.8 Å². The van der Waals surface area contributed by atoms with Gasteiger partial charge >= 0.3 is 14.5 Å². The molecule has 23 heavy (non-hydrogen) atoms. The first kappa shape index (κ1) is 19.9. The minimum Gasteiger partial charge on any atom is -0.481 e. The maximum atomic E-state index is 12.2. The summed E-state index contributed by atoms with van der Waals surface area (Å²) in [5.41, 5.74) is 0. The Hall–Kier alpha value is -1.18. The summed E-state index contributed by atoms with van der Waals surface area (Å²) in [6, 6.07) is 0.807. The van der Waals surface area contributed by atoms with Crippen molar-refractivity contribution in [2.45, 2.75) is 45.7 Å². The fourth-order valence-electron chi connectivity index (χ4n) is 2.93. The van der Waals surface area contributed by atoms with Crippen LogP contribution in [0, 0.1) is 11.8 Å². The number of carbonyl (C=O) groups excluding carboxylic acids is 1. The Balaban J connectivity index is 2.41. The van der Waals surface area contributed by atoms with E-state index >= 15 is 0 Å². The SMILES string of the molecule is CCO[Si](C)(CCCNC(=O)C1CC=CCC1C(=O)O)OCC. The molecule has 0 aromatic rings. The molecule has 0 heterocycles. The molecule has 0 spiro atoms. The Kier molecular flexibility index (Phi) is 8.50. The molecule has 2 N–H and O–H groups in total. The first-order valence-corrected chi connectivity index (χ1v) is 10.9. The van der Waals surface area contributed by atoms with Gasteiger partial charge in [0.05, 0.1) is 11.8 Å². The molecular formula is C16H29NO5Si.